The highest BCUT2D eigenvalue weighted by Crippen LogP contribution is 2.17. The molecule has 0 bridgehead atoms. The number of nitrogens with zero attached hydrogens (tertiary/aromatic N) is 4. The SMILES string of the molecule is COc1cc(-c2noc(CCC(C)CN)n2)ncn1. The molecule has 0 aliphatic rings. The monoisotopic (exact) mass is 263 g/mol. The van der Waals surface area contributed by atoms with E-state index in [2.05, 4.69) is 27.0 Å². The Bertz CT molecular complexity index is 528. The third-order valence-corrected chi connectivity index (χ3v) is 2.80. The van der Waals surface area contributed by atoms with Gasteiger partial charge in [-0.2, -0.15) is 4.98 Å². The number of aryl methyl sites for hydroxylation is 1. The Hall–Kier alpha value is -2.02. The first-order chi connectivity index (χ1) is 9.22. The molecule has 1 atom stereocenters. The van der Waals surface area contributed by atoms with Crippen molar-refractivity contribution < 1.29 is 9.26 Å². The number of nitrogens with two attached hydrogens (primary N) is 1. The molecule has 102 valence electrons. The van der Waals surface area contributed by atoms with Crippen LogP contribution < -0.4 is 10.5 Å². The molecular formula is C12H17N5O2. The molecule has 0 saturated heterocycles. The number of ether oxygens (including phenoxy) is 1. The second-order valence-corrected chi connectivity index (χ2v) is 4.34. The average molecular weight is 263 g/mol. The quantitative estimate of drug-likeness (QED) is 0.831. The molecule has 0 spiro atoms. The molecule has 19 heavy (non-hydrogen) atoms. The Balaban J connectivity index is 2.07. The Kier molecular flexibility index (Phi) is 4.40. The second-order valence-electron chi connectivity index (χ2n) is 4.34. The summed E-state index contributed by atoms with van der Waals surface area (Å²) in [4.78, 5) is 12.3. The van der Waals surface area contributed by atoms with E-state index in [1.807, 2.05) is 0 Å². The van der Waals surface area contributed by atoms with E-state index in [0.29, 0.717) is 42.2 Å². The molecule has 2 aromatic rings. The van der Waals surface area contributed by atoms with Crippen LogP contribution in [0.25, 0.3) is 11.5 Å². The summed E-state index contributed by atoms with van der Waals surface area (Å²) in [6.07, 6.45) is 3.04. The van der Waals surface area contributed by atoms with E-state index in [4.69, 9.17) is 15.0 Å². The molecule has 7 nitrogen and oxygen atoms in total. The standard InChI is InChI=1S/C12H17N5O2/c1-8(6-13)3-4-10-16-12(17-19-10)9-5-11(18-2)15-7-14-9/h5,7-8H,3-4,6,13H2,1-2H3. The van der Waals surface area contributed by atoms with E-state index in [1.165, 1.54) is 6.33 Å². The average Bonchev–Trinajstić information content (AvgIpc) is 2.93. The van der Waals surface area contributed by atoms with Crippen molar-refractivity contribution in [2.45, 2.75) is 19.8 Å². The molecule has 1 unspecified atom stereocenters. The smallest absolute Gasteiger partial charge is 0.227 e. The first kappa shape index (κ1) is 13.4. The predicted molar refractivity (Wildman–Crippen MR) is 68.4 cm³/mol. The number of rotatable bonds is 6. The third kappa shape index (κ3) is 3.47. The largest absolute Gasteiger partial charge is 0.481 e. The Labute approximate surface area is 111 Å². The van der Waals surface area contributed by atoms with E-state index in [9.17, 15) is 0 Å². The van der Waals surface area contributed by atoms with Gasteiger partial charge in [-0.3, -0.25) is 0 Å². The minimum atomic E-state index is 0.439. The number of hydrogen-bond donors (Lipinski definition) is 1. The highest BCUT2D eigenvalue weighted by molar-refractivity contribution is 5.49. The summed E-state index contributed by atoms with van der Waals surface area (Å²) in [5.41, 5.74) is 6.14. The molecule has 0 aliphatic heterocycles. The molecule has 2 heterocycles. The maximum atomic E-state index is 5.57. The molecule has 0 aliphatic carbocycles. The lowest BCUT2D eigenvalue weighted by Crippen LogP contribution is -2.11. The molecular weight excluding hydrogens is 246 g/mol. The topological polar surface area (TPSA) is 100.0 Å². The van der Waals surface area contributed by atoms with Crippen LogP contribution in [0.5, 0.6) is 5.88 Å². The van der Waals surface area contributed by atoms with Crippen LogP contribution in [0.2, 0.25) is 0 Å². The van der Waals surface area contributed by atoms with E-state index >= 15 is 0 Å². The molecule has 0 radical (unpaired) electrons. The van der Waals surface area contributed by atoms with Crippen LogP contribution in [0.15, 0.2) is 16.9 Å². The lowest BCUT2D eigenvalue weighted by atomic mass is 10.1. The molecule has 0 saturated carbocycles. The summed E-state index contributed by atoms with van der Waals surface area (Å²) in [5.74, 6) is 1.94. The van der Waals surface area contributed by atoms with E-state index < -0.39 is 0 Å². The maximum absolute atomic E-state index is 5.57. The fourth-order valence-corrected chi connectivity index (χ4v) is 1.52. The summed E-state index contributed by atoms with van der Waals surface area (Å²) in [6, 6.07) is 1.66. The summed E-state index contributed by atoms with van der Waals surface area (Å²) in [5, 5.41) is 3.90. The van der Waals surface area contributed by atoms with Crippen molar-refractivity contribution in [3.05, 3.63) is 18.3 Å². The van der Waals surface area contributed by atoms with Crippen LogP contribution in [0.4, 0.5) is 0 Å². The van der Waals surface area contributed by atoms with E-state index in [1.54, 1.807) is 13.2 Å². The summed E-state index contributed by atoms with van der Waals surface area (Å²) >= 11 is 0. The molecule has 0 amide bonds. The second kappa shape index (κ2) is 6.24. The minimum Gasteiger partial charge on any atom is -0.481 e. The highest BCUT2D eigenvalue weighted by atomic mass is 16.5. The minimum absolute atomic E-state index is 0.439. The summed E-state index contributed by atoms with van der Waals surface area (Å²) in [6.45, 7) is 2.75. The molecule has 0 aromatic carbocycles. The first-order valence-electron chi connectivity index (χ1n) is 6.12. The zero-order valence-electron chi connectivity index (χ0n) is 11.0. The van der Waals surface area contributed by atoms with Crippen molar-refractivity contribution in [3.63, 3.8) is 0 Å². The fraction of sp³-hybridized carbons (Fsp3) is 0.500. The van der Waals surface area contributed by atoms with Crippen molar-refractivity contribution in [1.82, 2.24) is 20.1 Å². The van der Waals surface area contributed by atoms with Gasteiger partial charge in [-0.1, -0.05) is 12.1 Å². The molecule has 0 fully saturated rings. The molecule has 7 heteroatoms. The van der Waals surface area contributed by atoms with Gasteiger partial charge in [-0.05, 0) is 18.9 Å². The van der Waals surface area contributed by atoms with Crippen LogP contribution in [-0.4, -0.2) is 33.8 Å². The van der Waals surface area contributed by atoms with Crippen molar-refractivity contribution in [3.8, 4) is 17.4 Å². The Morgan fingerprint density at radius 3 is 3.00 bits per heavy atom. The number of aromatic nitrogens is 4. The maximum Gasteiger partial charge on any atom is 0.227 e. The molecule has 2 rings (SSSR count). The number of hydrogen-bond acceptors (Lipinski definition) is 7. The molecule has 2 N–H and O–H groups in total. The van der Waals surface area contributed by atoms with Gasteiger partial charge in [0.05, 0.1) is 7.11 Å². The normalized spacial score (nSPS) is 12.4. The van der Waals surface area contributed by atoms with Gasteiger partial charge in [0.15, 0.2) is 0 Å². The Morgan fingerprint density at radius 1 is 1.42 bits per heavy atom. The zero-order valence-corrected chi connectivity index (χ0v) is 11.0. The third-order valence-electron chi connectivity index (χ3n) is 2.80. The van der Waals surface area contributed by atoms with Gasteiger partial charge in [0.1, 0.15) is 12.0 Å². The van der Waals surface area contributed by atoms with Gasteiger partial charge >= 0.3 is 0 Å². The van der Waals surface area contributed by atoms with Crippen molar-refractivity contribution >= 4 is 0 Å². The summed E-state index contributed by atoms with van der Waals surface area (Å²) < 4.78 is 10.2. The van der Waals surface area contributed by atoms with Gasteiger partial charge < -0.3 is 15.0 Å². The molecule has 2 aromatic heterocycles. The van der Waals surface area contributed by atoms with E-state index in [0.717, 1.165) is 6.42 Å². The van der Waals surface area contributed by atoms with Crippen LogP contribution in [-0.2, 0) is 6.42 Å². The Morgan fingerprint density at radius 2 is 2.26 bits per heavy atom. The lowest BCUT2D eigenvalue weighted by Gasteiger charge is -2.03. The van der Waals surface area contributed by atoms with Gasteiger partial charge in [0, 0.05) is 12.5 Å². The fourth-order valence-electron chi connectivity index (χ4n) is 1.52. The van der Waals surface area contributed by atoms with Gasteiger partial charge in [0.2, 0.25) is 17.6 Å². The lowest BCUT2D eigenvalue weighted by molar-refractivity contribution is 0.366. The van der Waals surface area contributed by atoms with Crippen molar-refractivity contribution in [2.75, 3.05) is 13.7 Å². The van der Waals surface area contributed by atoms with Crippen molar-refractivity contribution in [1.29, 1.82) is 0 Å². The van der Waals surface area contributed by atoms with Crippen LogP contribution in [0.1, 0.15) is 19.2 Å². The van der Waals surface area contributed by atoms with Crippen molar-refractivity contribution in [2.24, 2.45) is 11.7 Å². The van der Waals surface area contributed by atoms with Crippen LogP contribution >= 0.6 is 0 Å². The van der Waals surface area contributed by atoms with E-state index in [-0.39, 0.29) is 0 Å². The zero-order chi connectivity index (χ0) is 13.7. The van der Waals surface area contributed by atoms with Crippen LogP contribution in [0.3, 0.4) is 0 Å². The van der Waals surface area contributed by atoms with Crippen LogP contribution in [0, 0.1) is 5.92 Å². The number of methoxy groups -OCH3 is 1. The van der Waals surface area contributed by atoms with Gasteiger partial charge in [0.25, 0.3) is 0 Å². The first-order valence-corrected chi connectivity index (χ1v) is 6.12. The predicted octanol–water partition coefficient (Wildman–Crippen LogP) is 1.06. The van der Waals surface area contributed by atoms with Gasteiger partial charge in [-0.15, -0.1) is 0 Å². The van der Waals surface area contributed by atoms with Gasteiger partial charge in [-0.25, -0.2) is 9.97 Å². The highest BCUT2D eigenvalue weighted by Gasteiger charge is 2.12. The summed E-state index contributed by atoms with van der Waals surface area (Å²) in [7, 11) is 1.54.